The number of phenols is 2. The van der Waals surface area contributed by atoms with Gasteiger partial charge in [-0.15, -0.1) is 10.2 Å². The Labute approximate surface area is 444 Å². The Morgan fingerprint density at radius 1 is 0.423 bits per heavy atom. The minimum absolute atomic E-state index is 0.0293. The lowest BCUT2D eigenvalue weighted by Crippen LogP contribution is -2.18. The van der Waals surface area contributed by atoms with Crippen molar-refractivity contribution in [3.63, 3.8) is 0 Å². The van der Waals surface area contributed by atoms with E-state index in [1.54, 1.807) is 158 Å². The highest BCUT2D eigenvalue weighted by Gasteiger charge is 2.22. The smallest absolute Gasteiger partial charge is 0.259 e. The van der Waals surface area contributed by atoms with E-state index in [0.717, 1.165) is 0 Å². The van der Waals surface area contributed by atoms with E-state index in [1.165, 1.54) is 38.5 Å². The van der Waals surface area contributed by atoms with E-state index < -0.39 is 23.6 Å². The molecule has 1 aromatic heterocycles. The van der Waals surface area contributed by atoms with E-state index in [2.05, 4.69) is 56.7 Å². The second kappa shape index (κ2) is 22.5. The van der Waals surface area contributed by atoms with Crippen LogP contribution in [0.4, 0.5) is 46.0 Å². The van der Waals surface area contributed by atoms with Gasteiger partial charge in [0.1, 0.15) is 22.9 Å². The summed E-state index contributed by atoms with van der Waals surface area (Å²) < 4.78 is 10.7. The van der Waals surface area contributed by atoms with E-state index in [-0.39, 0.29) is 62.8 Å². The lowest BCUT2D eigenvalue weighted by molar-refractivity contribution is 0.101. The number of nitrogens with zero attached hydrogens (tertiary/aromatic N) is 7. The highest BCUT2D eigenvalue weighted by Crippen LogP contribution is 2.42. The van der Waals surface area contributed by atoms with Crippen LogP contribution in [0.5, 0.6) is 23.0 Å². The molecule has 4 amide bonds. The number of ether oxygens (including phenoxy) is 2. The van der Waals surface area contributed by atoms with Gasteiger partial charge in [-0.1, -0.05) is 103 Å². The van der Waals surface area contributed by atoms with Gasteiger partial charge in [-0.2, -0.15) is 25.2 Å². The number of fused-ring (bicyclic) bond motifs is 2. The summed E-state index contributed by atoms with van der Waals surface area (Å²) in [6.07, 6.45) is 0. The quantitative estimate of drug-likeness (QED) is 0.0526. The third-order valence-corrected chi connectivity index (χ3v) is 12.1. The molecule has 0 saturated carbocycles. The van der Waals surface area contributed by atoms with Crippen molar-refractivity contribution in [2.24, 2.45) is 20.5 Å². The van der Waals surface area contributed by atoms with Crippen molar-refractivity contribution >= 4 is 91.2 Å². The fourth-order valence-electron chi connectivity index (χ4n) is 8.18. The Morgan fingerprint density at radius 3 is 1.26 bits per heavy atom. The number of benzene rings is 9. The predicted molar refractivity (Wildman–Crippen MR) is 296 cm³/mol. The van der Waals surface area contributed by atoms with Gasteiger partial charge in [-0.3, -0.25) is 29.8 Å². The fourth-order valence-corrected chi connectivity index (χ4v) is 8.18. The van der Waals surface area contributed by atoms with Crippen molar-refractivity contribution in [2.45, 2.75) is 0 Å². The maximum atomic E-state index is 13.7. The van der Waals surface area contributed by atoms with Gasteiger partial charge in [0.2, 0.25) is 11.9 Å². The third-order valence-electron chi connectivity index (χ3n) is 12.1. The molecule has 10 aromatic rings. The Hall–Kier alpha value is -11.2. The number of rotatable bonds is 15. The van der Waals surface area contributed by atoms with Gasteiger partial charge in [0.05, 0.1) is 48.1 Å². The van der Waals surface area contributed by atoms with E-state index in [9.17, 15) is 29.4 Å². The molecule has 6 N–H and O–H groups in total. The molecular weight excluding hydrogens is 991 g/mol. The van der Waals surface area contributed by atoms with Crippen molar-refractivity contribution in [2.75, 3.05) is 35.5 Å². The molecular formula is C59H43N11O8. The van der Waals surface area contributed by atoms with Crippen molar-refractivity contribution in [1.29, 1.82) is 0 Å². The average Bonchev–Trinajstić information content (AvgIpc) is 3.56. The number of azo groups is 2. The molecule has 382 valence electrons. The first-order chi connectivity index (χ1) is 38.0. The Kier molecular flexibility index (Phi) is 14.5. The molecule has 19 nitrogen and oxygen atoms in total. The highest BCUT2D eigenvalue weighted by atomic mass is 16.5. The molecule has 0 spiro atoms. The molecule has 0 radical (unpaired) electrons. The number of hydrogen-bond acceptors (Lipinski definition) is 15. The van der Waals surface area contributed by atoms with E-state index in [0.29, 0.717) is 61.4 Å². The zero-order valence-corrected chi connectivity index (χ0v) is 41.4. The molecule has 10 rings (SSSR count). The minimum Gasteiger partial charge on any atom is -0.505 e. The monoisotopic (exact) mass is 1030 g/mol. The number of methoxy groups -OCH3 is 2. The van der Waals surface area contributed by atoms with Crippen LogP contribution in [0.2, 0.25) is 0 Å². The van der Waals surface area contributed by atoms with Crippen LogP contribution in [0, 0.1) is 0 Å². The molecule has 0 atom stereocenters. The van der Waals surface area contributed by atoms with Gasteiger partial charge in [-0.05, 0) is 95.7 Å². The van der Waals surface area contributed by atoms with E-state index >= 15 is 0 Å². The SMILES string of the molecule is COc1ccccc1NC(=O)c1cc2ccccc2c(N=Nc2ccc(C(=O)Nc3nc(NC(=O)c4ccc(N=Nc5c(O)c(C(=O)Nc6ccccc6OC)cc6ccccc56)cc4)nc(-c4ccccc4)n3)cc2)c1O. The Balaban J connectivity index is 0.842. The number of phenolic OH excluding ortho intramolecular Hbond substituents is 2. The van der Waals surface area contributed by atoms with Crippen LogP contribution in [-0.4, -0.2) is 63.0 Å². The van der Waals surface area contributed by atoms with Gasteiger partial charge < -0.3 is 30.3 Å². The van der Waals surface area contributed by atoms with Crippen LogP contribution < -0.4 is 30.7 Å². The number of anilines is 4. The first-order valence-electron chi connectivity index (χ1n) is 23.9. The zero-order chi connectivity index (χ0) is 54.1. The lowest BCUT2D eigenvalue weighted by atomic mass is 10.0. The van der Waals surface area contributed by atoms with Crippen LogP contribution in [-0.2, 0) is 0 Å². The molecule has 0 bridgehead atoms. The Morgan fingerprint density at radius 2 is 0.821 bits per heavy atom. The van der Waals surface area contributed by atoms with Crippen LogP contribution in [0.25, 0.3) is 32.9 Å². The molecule has 0 fully saturated rings. The topological polar surface area (TPSA) is 263 Å². The predicted octanol–water partition coefficient (Wildman–Crippen LogP) is 13.1. The largest absolute Gasteiger partial charge is 0.505 e. The number of aromatic nitrogens is 3. The molecule has 0 aliphatic heterocycles. The number of nitrogens with one attached hydrogen (secondary N) is 4. The van der Waals surface area contributed by atoms with Gasteiger partial charge in [0.15, 0.2) is 17.3 Å². The third kappa shape index (κ3) is 11.0. The van der Waals surface area contributed by atoms with Crippen molar-refractivity contribution in [1.82, 2.24) is 15.0 Å². The fraction of sp³-hybridized carbons (Fsp3) is 0.0339. The Bertz CT molecular complexity index is 3770. The van der Waals surface area contributed by atoms with Crippen molar-refractivity contribution in [3.05, 3.63) is 210 Å². The molecule has 78 heavy (non-hydrogen) atoms. The maximum Gasteiger partial charge on any atom is 0.259 e. The van der Waals surface area contributed by atoms with Gasteiger partial charge in [0.25, 0.3) is 23.6 Å². The molecule has 0 saturated heterocycles. The standard InChI is InChI=1S/C59H43N11O8/c1-77-47-22-12-10-20-45(47)60-56(75)43-32-37-16-6-8-18-41(37)49(51(43)71)69-67-39-28-24-35(25-29-39)54(73)64-58-62-53(34-14-4-3-5-15-34)63-59(66-58)65-55(74)36-26-30-40(31-27-36)68-70-50-42-19-9-7-17-38(42)33-44(52(50)72)57(76)61-46-21-11-13-23-48(46)78-2/h3-33,71-72H,1-2H3,(H,60,75)(H,61,76)(H2,62,63,64,65,66,73,74). The summed E-state index contributed by atoms with van der Waals surface area (Å²) in [4.78, 5) is 67.6. The van der Waals surface area contributed by atoms with Crippen molar-refractivity contribution in [3.8, 4) is 34.4 Å². The summed E-state index contributed by atoms with van der Waals surface area (Å²) in [6.45, 7) is 0. The van der Waals surface area contributed by atoms with Crippen molar-refractivity contribution < 1.29 is 38.9 Å². The normalized spacial score (nSPS) is 11.2. The number of aromatic hydroxyl groups is 2. The molecule has 19 heteroatoms. The van der Waals surface area contributed by atoms with E-state index in [4.69, 9.17) is 9.47 Å². The minimum atomic E-state index is -0.590. The summed E-state index contributed by atoms with van der Waals surface area (Å²) in [7, 11) is 2.98. The first-order valence-corrected chi connectivity index (χ1v) is 23.9. The van der Waals surface area contributed by atoms with Crippen LogP contribution in [0.15, 0.2) is 209 Å². The second-order valence-electron chi connectivity index (χ2n) is 17.1. The molecule has 0 aliphatic carbocycles. The molecule has 0 unspecified atom stereocenters. The van der Waals surface area contributed by atoms with Crippen LogP contribution >= 0.6 is 0 Å². The van der Waals surface area contributed by atoms with Crippen LogP contribution in [0.3, 0.4) is 0 Å². The molecule has 9 aromatic carbocycles. The number of amides is 4. The average molecular weight is 1030 g/mol. The summed E-state index contributed by atoms with van der Waals surface area (Å²) in [5, 5.41) is 53.5. The summed E-state index contributed by atoms with van der Waals surface area (Å²) in [5.74, 6) is -2.38. The maximum absolute atomic E-state index is 13.7. The number of carbonyl (C=O) groups is 4. The number of carbonyl (C=O) groups excluding carboxylic acids is 4. The number of hydrogen-bond donors (Lipinski definition) is 6. The summed E-state index contributed by atoms with van der Waals surface area (Å²) in [6, 6.07) is 52.3. The van der Waals surface area contributed by atoms with E-state index in [1.807, 2.05) is 6.07 Å². The first kappa shape index (κ1) is 50.3. The zero-order valence-electron chi connectivity index (χ0n) is 41.4. The number of para-hydroxylation sites is 4. The summed E-state index contributed by atoms with van der Waals surface area (Å²) >= 11 is 0. The second-order valence-corrected chi connectivity index (χ2v) is 17.1. The highest BCUT2D eigenvalue weighted by molar-refractivity contribution is 6.13. The van der Waals surface area contributed by atoms with Gasteiger partial charge in [0, 0.05) is 27.5 Å². The van der Waals surface area contributed by atoms with Gasteiger partial charge >= 0.3 is 0 Å². The van der Waals surface area contributed by atoms with Crippen LogP contribution in [0.1, 0.15) is 41.4 Å². The lowest BCUT2D eigenvalue weighted by Gasteiger charge is -2.13. The van der Waals surface area contributed by atoms with Gasteiger partial charge in [-0.25, -0.2) is 0 Å². The molecule has 1 heterocycles. The summed E-state index contributed by atoms with van der Waals surface area (Å²) in [5.41, 5.74) is 2.55. The molecule has 0 aliphatic rings.